The van der Waals surface area contributed by atoms with Gasteiger partial charge in [0.2, 0.25) is 0 Å². The summed E-state index contributed by atoms with van der Waals surface area (Å²) in [5.41, 5.74) is 1.34. The van der Waals surface area contributed by atoms with E-state index in [4.69, 9.17) is 9.15 Å². The molecule has 1 aromatic carbocycles. The van der Waals surface area contributed by atoms with Gasteiger partial charge in [0.05, 0.1) is 18.7 Å². The summed E-state index contributed by atoms with van der Waals surface area (Å²) in [5, 5.41) is 10.1. The number of ether oxygens (including phenoxy) is 1. The number of piperidine rings is 1. The standard InChI is InChI=1S/C16H18N2O2/c1-18-7-5-11(6-8-18)15-9-13-12(10-17)3-4-14(19-2)16(13)20-15/h3-4,9,11H,5-8H2,1-2H3. The number of likely N-dealkylation sites (tertiary alicyclic amines) is 1. The van der Waals surface area contributed by atoms with Crippen LogP contribution in [0.15, 0.2) is 22.6 Å². The van der Waals surface area contributed by atoms with Crippen molar-refractivity contribution in [3.63, 3.8) is 0 Å². The molecule has 0 aliphatic carbocycles. The van der Waals surface area contributed by atoms with E-state index in [1.54, 1.807) is 19.2 Å². The molecular formula is C16H18N2O2. The lowest BCUT2D eigenvalue weighted by Gasteiger charge is -2.27. The summed E-state index contributed by atoms with van der Waals surface area (Å²) < 4.78 is 11.3. The van der Waals surface area contributed by atoms with Crippen molar-refractivity contribution in [1.29, 1.82) is 5.26 Å². The quantitative estimate of drug-likeness (QED) is 0.841. The molecule has 0 saturated carbocycles. The zero-order valence-corrected chi connectivity index (χ0v) is 11.8. The molecule has 0 unspecified atom stereocenters. The van der Waals surface area contributed by atoms with Crippen molar-refractivity contribution in [2.75, 3.05) is 27.2 Å². The Bertz CT molecular complexity index is 661. The maximum atomic E-state index is 9.21. The van der Waals surface area contributed by atoms with Crippen molar-refractivity contribution in [2.45, 2.75) is 18.8 Å². The first-order valence-electron chi connectivity index (χ1n) is 6.92. The van der Waals surface area contributed by atoms with Crippen molar-refractivity contribution >= 4 is 11.0 Å². The molecule has 1 saturated heterocycles. The predicted octanol–water partition coefficient (Wildman–Crippen LogP) is 3.12. The van der Waals surface area contributed by atoms with Crippen LogP contribution in [0.5, 0.6) is 5.75 Å². The molecule has 4 nitrogen and oxygen atoms in total. The Morgan fingerprint density at radius 2 is 2.10 bits per heavy atom. The highest BCUT2D eigenvalue weighted by atomic mass is 16.5. The Labute approximate surface area is 118 Å². The van der Waals surface area contributed by atoms with Gasteiger partial charge in [-0.3, -0.25) is 0 Å². The smallest absolute Gasteiger partial charge is 0.177 e. The van der Waals surface area contributed by atoms with E-state index < -0.39 is 0 Å². The Kier molecular flexibility index (Phi) is 3.37. The molecule has 2 heterocycles. The highest BCUT2D eigenvalue weighted by molar-refractivity contribution is 5.89. The van der Waals surface area contributed by atoms with Crippen LogP contribution < -0.4 is 4.74 Å². The molecule has 3 rings (SSSR count). The van der Waals surface area contributed by atoms with E-state index in [1.165, 1.54) is 0 Å². The molecule has 0 radical (unpaired) electrons. The number of benzene rings is 1. The minimum atomic E-state index is 0.440. The average molecular weight is 270 g/mol. The van der Waals surface area contributed by atoms with Gasteiger partial charge >= 0.3 is 0 Å². The number of methoxy groups -OCH3 is 1. The molecule has 0 atom stereocenters. The van der Waals surface area contributed by atoms with Crippen LogP contribution in [0.1, 0.15) is 30.1 Å². The normalized spacial score (nSPS) is 17.2. The van der Waals surface area contributed by atoms with Crippen LogP contribution >= 0.6 is 0 Å². The molecule has 4 heteroatoms. The van der Waals surface area contributed by atoms with E-state index in [0.717, 1.165) is 37.1 Å². The minimum absolute atomic E-state index is 0.440. The molecule has 1 aliphatic rings. The van der Waals surface area contributed by atoms with E-state index in [1.807, 2.05) is 6.07 Å². The third-order valence-electron chi connectivity index (χ3n) is 4.13. The second-order valence-corrected chi connectivity index (χ2v) is 5.40. The monoisotopic (exact) mass is 270 g/mol. The van der Waals surface area contributed by atoms with Gasteiger partial charge in [-0.1, -0.05) is 0 Å². The zero-order valence-electron chi connectivity index (χ0n) is 11.8. The largest absolute Gasteiger partial charge is 0.493 e. The van der Waals surface area contributed by atoms with Crippen LogP contribution in [0.3, 0.4) is 0 Å². The third kappa shape index (κ3) is 2.14. The zero-order chi connectivity index (χ0) is 14.1. The Hall–Kier alpha value is -1.99. The second-order valence-electron chi connectivity index (χ2n) is 5.40. The van der Waals surface area contributed by atoms with E-state index >= 15 is 0 Å². The van der Waals surface area contributed by atoms with Crippen molar-refractivity contribution < 1.29 is 9.15 Å². The molecule has 0 bridgehead atoms. The molecule has 1 fully saturated rings. The van der Waals surface area contributed by atoms with E-state index in [2.05, 4.69) is 18.0 Å². The van der Waals surface area contributed by atoms with Crippen LogP contribution in [0, 0.1) is 11.3 Å². The summed E-state index contributed by atoms with van der Waals surface area (Å²) in [6.45, 7) is 2.17. The lowest BCUT2D eigenvalue weighted by Crippen LogP contribution is -2.29. The van der Waals surface area contributed by atoms with Crippen molar-refractivity contribution in [2.24, 2.45) is 0 Å². The van der Waals surface area contributed by atoms with E-state index in [0.29, 0.717) is 22.8 Å². The number of rotatable bonds is 2. The highest BCUT2D eigenvalue weighted by Crippen LogP contribution is 2.36. The first kappa shape index (κ1) is 13.0. The van der Waals surface area contributed by atoms with Crippen LogP contribution in [0.2, 0.25) is 0 Å². The van der Waals surface area contributed by atoms with Gasteiger partial charge in [-0.2, -0.15) is 5.26 Å². The summed E-state index contributed by atoms with van der Waals surface area (Å²) in [6.07, 6.45) is 2.20. The Morgan fingerprint density at radius 1 is 1.35 bits per heavy atom. The number of hydrogen-bond donors (Lipinski definition) is 0. The van der Waals surface area contributed by atoms with Gasteiger partial charge in [0.15, 0.2) is 11.3 Å². The molecule has 0 amide bonds. The van der Waals surface area contributed by atoms with Crippen LogP contribution in [0.25, 0.3) is 11.0 Å². The van der Waals surface area contributed by atoms with Gasteiger partial charge < -0.3 is 14.1 Å². The molecule has 0 spiro atoms. The Balaban J connectivity index is 2.03. The first-order chi connectivity index (χ1) is 9.72. The summed E-state index contributed by atoms with van der Waals surface area (Å²) >= 11 is 0. The lowest BCUT2D eigenvalue weighted by atomic mass is 9.94. The van der Waals surface area contributed by atoms with Gasteiger partial charge in [-0.15, -0.1) is 0 Å². The first-order valence-corrected chi connectivity index (χ1v) is 6.92. The number of nitrogens with zero attached hydrogens (tertiary/aromatic N) is 2. The third-order valence-corrected chi connectivity index (χ3v) is 4.13. The van der Waals surface area contributed by atoms with E-state index in [9.17, 15) is 5.26 Å². The number of fused-ring (bicyclic) bond motifs is 1. The fourth-order valence-electron chi connectivity index (χ4n) is 2.87. The fourth-order valence-corrected chi connectivity index (χ4v) is 2.87. The number of nitriles is 1. The maximum absolute atomic E-state index is 9.21. The summed E-state index contributed by atoms with van der Waals surface area (Å²) in [5.74, 6) is 2.11. The van der Waals surface area contributed by atoms with Gasteiger partial charge in [0.25, 0.3) is 0 Å². The molecular weight excluding hydrogens is 252 g/mol. The number of hydrogen-bond acceptors (Lipinski definition) is 4. The molecule has 0 N–H and O–H groups in total. The van der Waals surface area contributed by atoms with Gasteiger partial charge in [-0.25, -0.2) is 0 Å². The second kappa shape index (κ2) is 5.18. The fraction of sp³-hybridized carbons (Fsp3) is 0.438. The highest BCUT2D eigenvalue weighted by Gasteiger charge is 2.23. The summed E-state index contributed by atoms with van der Waals surface area (Å²) in [7, 11) is 3.77. The van der Waals surface area contributed by atoms with Crippen LogP contribution in [-0.2, 0) is 0 Å². The average Bonchev–Trinajstić information content (AvgIpc) is 2.92. The van der Waals surface area contributed by atoms with Gasteiger partial charge in [-0.05, 0) is 51.2 Å². The SMILES string of the molecule is COc1ccc(C#N)c2cc(C3CCN(C)CC3)oc12. The van der Waals surface area contributed by atoms with Crippen molar-refractivity contribution in [3.8, 4) is 11.8 Å². The predicted molar refractivity (Wildman–Crippen MR) is 77.0 cm³/mol. The van der Waals surface area contributed by atoms with Crippen LogP contribution in [0.4, 0.5) is 0 Å². The van der Waals surface area contributed by atoms with Crippen molar-refractivity contribution in [3.05, 3.63) is 29.5 Å². The van der Waals surface area contributed by atoms with Gasteiger partial charge in [0, 0.05) is 11.3 Å². The molecule has 1 aromatic heterocycles. The topological polar surface area (TPSA) is 49.4 Å². The summed E-state index contributed by atoms with van der Waals surface area (Å²) in [6, 6.07) is 7.82. The van der Waals surface area contributed by atoms with E-state index in [-0.39, 0.29) is 0 Å². The van der Waals surface area contributed by atoms with Crippen molar-refractivity contribution in [1.82, 2.24) is 4.90 Å². The Morgan fingerprint density at radius 3 is 2.75 bits per heavy atom. The van der Waals surface area contributed by atoms with Gasteiger partial charge in [0.1, 0.15) is 5.76 Å². The lowest BCUT2D eigenvalue weighted by molar-refractivity contribution is 0.242. The molecule has 104 valence electrons. The van der Waals surface area contributed by atoms with Crippen LogP contribution in [-0.4, -0.2) is 32.1 Å². The molecule has 20 heavy (non-hydrogen) atoms. The summed E-state index contributed by atoms with van der Waals surface area (Å²) in [4.78, 5) is 2.33. The number of furan rings is 1. The molecule has 1 aliphatic heterocycles. The molecule has 2 aromatic rings. The minimum Gasteiger partial charge on any atom is -0.493 e. The maximum Gasteiger partial charge on any atom is 0.177 e.